The summed E-state index contributed by atoms with van der Waals surface area (Å²) in [6.45, 7) is 0. The minimum atomic E-state index is -2.64. The Morgan fingerprint density at radius 1 is 1.67 bits per heavy atom. The average Bonchev–Trinajstić information content (AvgIpc) is 2.09. The molecule has 1 N–H and O–H groups in total. The van der Waals surface area contributed by atoms with E-state index in [1.54, 1.807) is 22.6 Å². The first-order valence-corrected chi connectivity index (χ1v) is 5.63. The third kappa shape index (κ3) is 3.33. The summed E-state index contributed by atoms with van der Waals surface area (Å²) < 4.78 is 25.6. The highest BCUT2D eigenvalue weighted by Gasteiger charge is 2.17. The first-order valence-electron chi connectivity index (χ1n) is 3.76. The van der Waals surface area contributed by atoms with Gasteiger partial charge in [-0.05, 0) is 44.6 Å². The van der Waals surface area contributed by atoms with E-state index >= 15 is 0 Å². The SMILES string of the molecule is O=C(O)Cc1cc(C(F)F)c(I)c(Br)n1. The van der Waals surface area contributed by atoms with Crippen LogP contribution in [0, 0.1) is 3.57 Å². The van der Waals surface area contributed by atoms with Gasteiger partial charge in [0.2, 0.25) is 0 Å². The van der Waals surface area contributed by atoms with Crippen LogP contribution in [0.25, 0.3) is 0 Å². The average molecular weight is 392 g/mol. The van der Waals surface area contributed by atoms with Crippen molar-refractivity contribution >= 4 is 44.5 Å². The molecular weight excluding hydrogens is 387 g/mol. The standard InChI is InChI=1S/C8H5BrF2INO2/c9-7-6(12)4(8(10)11)1-3(13-7)2-5(14)15/h1,8H,2H2,(H,14,15). The summed E-state index contributed by atoms with van der Waals surface area (Å²) in [7, 11) is 0. The molecule has 0 aromatic carbocycles. The van der Waals surface area contributed by atoms with Crippen LogP contribution in [0.1, 0.15) is 17.7 Å². The summed E-state index contributed by atoms with van der Waals surface area (Å²) >= 11 is 4.74. The molecule has 0 spiro atoms. The lowest BCUT2D eigenvalue weighted by Gasteiger charge is -2.07. The van der Waals surface area contributed by atoms with Crippen LogP contribution in [-0.2, 0) is 11.2 Å². The van der Waals surface area contributed by atoms with Gasteiger partial charge in [0.25, 0.3) is 6.43 Å². The molecule has 1 aromatic heterocycles. The van der Waals surface area contributed by atoms with Gasteiger partial charge in [0.1, 0.15) is 4.60 Å². The van der Waals surface area contributed by atoms with Gasteiger partial charge in [-0.3, -0.25) is 4.79 Å². The van der Waals surface area contributed by atoms with Crippen molar-refractivity contribution in [2.45, 2.75) is 12.8 Å². The van der Waals surface area contributed by atoms with Crippen molar-refractivity contribution < 1.29 is 18.7 Å². The second-order valence-electron chi connectivity index (χ2n) is 2.68. The maximum atomic E-state index is 12.5. The number of rotatable bonds is 3. The predicted octanol–water partition coefficient (Wildman–Crippen LogP) is 3.01. The minimum Gasteiger partial charge on any atom is -0.481 e. The van der Waals surface area contributed by atoms with Crippen LogP contribution < -0.4 is 0 Å². The highest BCUT2D eigenvalue weighted by atomic mass is 127. The Morgan fingerprint density at radius 3 is 2.73 bits per heavy atom. The van der Waals surface area contributed by atoms with Crippen molar-refractivity contribution in [3.8, 4) is 0 Å². The van der Waals surface area contributed by atoms with Crippen LogP contribution in [0.15, 0.2) is 10.7 Å². The van der Waals surface area contributed by atoms with Crippen molar-refractivity contribution in [1.82, 2.24) is 4.98 Å². The summed E-state index contributed by atoms with van der Waals surface area (Å²) in [6, 6.07) is 1.12. The number of hydrogen-bond donors (Lipinski definition) is 1. The van der Waals surface area contributed by atoms with E-state index in [-0.39, 0.29) is 22.3 Å². The molecule has 1 rings (SSSR count). The number of hydrogen-bond acceptors (Lipinski definition) is 2. The zero-order valence-corrected chi connectivity index (χ0v) is 10.9. The Kier molecular flexibility index (Phi) is 4.38. The molecule has 15 heavy (non-hydrogen) atoms. The number of pyridine rings is 1. The Labute approximate surface area is 106 Å². The lowest BCUT2D eigenvalue weighted by molar-refractivity contribution is -0.136. The van der Waals surface area contributed by atoms with E-state index in [4.69, 9.17) is 5.11 Å². The lowest BCUT2D eigenvalue weighted by atomic mass is 10.2. The molecule has 0 bridgehead atoms. The molecule has 1 heterocycles. The number of aliphatic carboxylic acids is 1. The first-order chi connectivity index (χ1) is 6.91. The zero-order valence-electron chi connectivity index (χ0n) is 7.18. The highest BCUT2D eigenvalue weighted by molar-refractivity contribution is 14.1. The summed E-state index contributed by atoms with van der Waals surface area (Å²) in [4.78, 5) is 14.3. The molecule has 0 aliphatic carbocycles. The molecule has 0 saturated heterocycles. The number of carbonyl (C=O) groups is 1. The number of nitrogens with zero attached hydrogens (tertiary/aromatic N) is 1. The molecular formula is C8H5BrF2INO2. The van der Waals surface area contributed by atoms with Gasteiger partial charge in [-0.25, -0.2) is 13.8 Å². The zero-order chi connectivity index (χ0) is 11.6. The first kappa shape index (κ1) is 12.8. The van der Waals surface area contributed by atoms with Crippen molar-refractivity contribution in [3.05, 3.63) is 25.5 Å². The van der Waals surface area contributed by atoms with Crippen LogP contribution >= 0.6 is 38.5 Å². The van der Waals surface area contributed by atoms with E-state index in [9.17, 15) is 13.6 Å². The Morgan fingerprint density at radius 2 is 2.27 bits per heavy atom. The number of halogens is 4. The third-order valence-corrected chi connectivity index (χ3v) is 4.01. The smallest absolute Gasteiger partial charge is 0.309 e. The fourth-order valence-corrected chi connectivity index (χ4v) is 1.94. The molecule has 0 unspecified atom stereocenters. The third-order valence-electron chi connectivity index (χ3n) is 1.57. The second kappa shape index (κ2) is 5.15. The number of carboxylic acid groups (broad SMARTS) is 1. The molecule has 0 aliphatic heterocycles. The maximum Gasteiger partial charge on any atom is 0.309 e. The monoisotopic (exact) mass is 391 g/mol. The van der Waals surface area contributed by atoms with Gasteiger partial charge in [-0.1, -0.05) is 0 Å². The fraction of sp³-hybridized carbons (Fsp3) is 0.250. The Hall–Kier alpha value is -0.310. The number of carboxylic acids is 1. The van der Waals surface area contributed by atoms with E-state index in [1.165, 1.54) is 0 Å². The van der Waals surface area contributed by atoms with Crippen LogP contribution in [0.4, 0.5) is 8.78 Å². The molecule has 3 nitrogen and oxygen atoms in total. The highest BCUT2D eigenvalue weighted by Crippen LogP contribution is 2.29. The molecule has 82 valence electrons. The van der Waals surface area contributed by atoms with Gasteiger partial charge < -0.3 is 5.11 Å². The Bertz CT molecular complexity index is 400. The van der Waals surface area contributed by atoms with Crippen LogP contribution in [0.2, 0.25) is 0 Å². The fourth-order valence-electron chi connectivity index (χ4n) is 0.974. The van der Waals surface area contributed by atoms with Crippen molar-refractivity contribution in [3.63, 3.8) is 0 Å². The molecule has 1 aromatic rings. The van der Waals surface area contributed by atoms with Crippen LogP contribution in [-0.4, -0.2) is 16.1 Å². The van der Waals surface area contributed by atoms with Crippen molar-refractivity contribution in [2.24, 2.45) is 0 Å². The summed E-state index contributed by atoms with van der Waals surface area (Å²) in [5.41, 5.74) is -0.0844. The lowest BCUT2D eigenvalue weighted by Crippen LogP contribution is -2.05. The van der Waals surface area contributed by atoms with Crippen LogP contribution in [0.3, 0.4) is 0 Å². The number of alkyl halides is 2. The van der Waals surface area contributed by atoms with Gasteiger partial charge >= 0.3 is 5.97 Å². The molecule has 0 radical (unpaired) electrons. The maximum absolute atomic E-state index is 12.5. The summed E-state index contributed by atoms with van der Waals surface area (Å²) in [5.74, 6) is -1.10. The van der Waals surface area contributed by atoms with Gasteiger partial charge in [-0.2, -0.15) is 0 Å². The summed E-state index contributed by atoms with van der Waals surface area (Å²) in [6.07, 6.45) is -3.00. The summed E-state index contributed by atoms with van der Waals surface area (Å²) in [5, 5.41) is 8.51. The van der Waals surface area contributed by atoms with E-state index in [0.717, 1.165) is 6.07 Å². The molecule has 7 heteroatoms. The van der Waals surface area contributed by atoms with Crippen LogP contribution in [0.5, 0.6) is 0 Å². The van der Waals surface area contributed by atoms with E-state index in [1.807, 2.05) is 0 Å². The number of aromatic nitrogens is 1. The van der Waals surface area contributed by atoms with Gasteiger partial charge in [-0.15, -0.1) is 0 Å². The van der Waals surface area contributed by atoms with E-state index in [0.29, 0.717) is 3.57 Å². The largest absolute Gasteiger partial charge is 0.481 e. The van der Waals surface area contributed by atoms with Gasteiger partial charge in [0.05, 0.1) is 15.7 Å². The minimum absolute atomic E-state index is 0.116. The van der Waals surface area contributed by atoms with Gasteiger partial charge in [0.15, 0.2) is 0 Å². The van der Waals surface area contributed by atoms with Crippen molar-refractivity contribution in [2.75, 3.05) is 0 Å². The quantitative estimate of drug-likeness (QED) is 0.636. The topological polar surface area (TPSA) is 50.2 Å². The van der Waals surface area contributed by atoms with Gasteiger partial charge in [0, 0.05) is 5.56 Å². The molecule has 0 amide bonds. The predicted molar refractivity (Wildman–Crippen MR) is 61.0 cm³/mol. The molecule has 0 aliphatic rings. The molecule has 0 atom stereocenters. The second-order valence-corrected chi connectivity index (χ2v) is 4.51. The Balaban J connectivity index is 3.17. The van der Waals surface area contributed by atoms with E-state index < -0.39 is 12.4 Å². The molecule has 0 fully saturated rings. The normalized spacial score (nSPS) is 10.7. The molecule has 0 saturated carbocycles. The van der Waals surface area contributed by atoms with E-state index in [2.05, 4.69) is 20.9 Å². The van der Waals surface area contributed by atoms with Crippen molar-refractivity contribution in [1.29, 1.82) is 0 Å².